The van der Waals surface area contributed by atoms with Crippen molar-refractivity contribution < 1.29 is 14.6 Å². The highest BCUT2D eigenvalue weighted by Crippen LogP contribution is 2.38. The van der Waals surface area contributed by atoms with Crippen molar-refractivity contribution in [2.24, 2.45) is 0 Å². The lowest BCUT2D eigenvalue weighted by Crippen LogP contribution is -2.30. The fourth-order valence-corrected chi connectivity index (χ4v) is 2.80. The van der Waals surface area contributed by atoms with Crippen molar-refractivity contribution in [2.75, 3.05) is 13.4 Å². The summed E-state index contributed by atoms with van der Waals surface area (Å²) >= 11 is 1.34. The van der Waals surface area contributed by atoms with E-state index >= 15 is 0 Å². The summed E-state index contributed by atoms with van der Waals surface area (Å²) in [5.74, 6) is -0.0725. The lowest BCUT2D eigenvalue weighted by molar-refractivity contribution is -0.120. The number of thioether (sulfide) groups is 1. The fraction of sp³-hybridized carbons (Fsp3) is 0.286. The molecule has 1 heterocycles. The molecule has 0 unspecified atom stereocenters. The summed E-state index contributed by atoms with van der Waals surface area (Å²) in [7, 11) is 1.46. The van der Waals surface area contributed by atoms with Crippen LogP contribution in [0.25, 0.3) is 0 Å². The van der Waals surface area contributed by atoms with Gasteiger partial charge in [0.05, 0.1) is 23.8 Å². The van der Waals surface area contributed by atoms with E-state index in [-0.39, 0.29) is 24.0 Å². The maximum absolute atomic E-state index is 11.8. The first-order valence-electron chi connectivity index (χ1n) is 5.95. The number of phenolic OH excluding ortho intramolecular Hbond substituents is 1. The van der Waals surface area contributed by atoms with Crippen molar-refractivity contribution in [1.82, 2.24) is 5.32 Å². The van der Waals surface area contributed by atoms with Gasteiger partial charge in [-0.2, -0.15) is 5.26 Å². The first-order valence-corrected chi connectivity index (χ1v) is 7.18. The third-order valence-corrected chi connectivity index (χ3v) is 3.90. The Hall–Kier alpha value is -2.13. The molecule has 0 aromatic heterocycles. The van der Waals surface area contributed by atoms with Crippen LogP contribution in [0, 0.1) is 11.3 Å². The molecule has 5 nitrogen and oxygen atoms in total. The largest absolute Gasteiger partial charge is 0.504 e. The number of nitrogens with zero attached hydrogens (tertiary/aromatic N) is 1. The highest BCUT2D eigenvalue weighted by molar-refractivity contribution is 8.02. The molecule has 1 atom stereocenters. The summed E-state index contributed by atoms with van der Waals surface area (Å²) < 4.78 is 5.07. The zero-order chi connectivity index (χ0) is 14.7. The van der Waals surface area contributed by atoms with E-state index in [9.17, 15) is 15.2 Å². The monoisotopic (exact) mass is 290 g/mol. The third-order valence-electron chi connectivity index (χ3n) is 3.17. The second kappa shape index (κ2) is 5.88. The molecule has 1 aromatic rings. The molecule has 0 bridgehead atoms. The SMILES string of the molecule is COc1cc([C@H]2CC(=O)NC(SC)=C2C#N)ccc1O. The smallest absolute Gasteiger partial charge is 0.225 e. The number of ether oxygens (including phenoxy) is 1. The minimum Gasteiger partial charge on any atom is -0.504 e. The standard InChI is InChI=1S/C14H14N2O3S/c1-19-12-5-8(3-4-11(12)17)9-6-13(18)16-14(20-2)10(9)7-15/h3-5,9,17H,6H2,1-2H3,(H,16,18)/t9-/m1/s1. The molecule has 2 rings (SSSR count). The Labute approximate surface area is 121 Å². The number of hydrogen-bond donors (Lipinski definition) is 2. The van der Waals surface area contributed by atoms with Crippen molar-refractivity contribution >= 4 is 17.7 Å². The van der Waals surface area contributed by atoms with Crippen molar-refractivity contribution in [3.05, 3.63) is 34.4 Å². The number of amides is 1. The summed E-state index contributed by atoms with van der Waals surface area (Å²) in [5.41, 5.74) is 1.31. The number of methoxy groups -OCH3 is 1. The number of nitrogens with one attached hydrogen (secondary N) is 1. The summed E-state index contributed by atoms with van der Waals surface area (Å²) in [4.78, 5) is 11.8. The molecule has 6 heteroatoms. The second-order valence-electron chi connectivity index (χ2n) is 4.29. The molecule has 0 aliphatic carbocycles. The van der Waals surface area contributed by atoms with E-state index in [0.29, 0.717) is 16.4 Å². The van der Waals surface area contributed by atoms with Crippen molar-refractivity contribution in [2.45, 2.75) is 12.3 Å². The van der Waals surface area contributed by atoms with Gasteiger partial charge in [-0.25, -0.2) is 0 Å². The molecule has 0 radical (unpaired) electrons. The van der Waals surface area contributed by atoms with E-state index in [0.717, 1.165) is 5.56 Å². The number of hydrogen-bond acceptors (Lipinski definition) is 5. The molecular weight excluding hydrogens is 276 g/mol. The van der Waals surface area contributed by atoms with Crippen LogP contribution in [0.5, 0.6) is 11.5 Å². The Morgan fingerprint density at radius 3 is 2.90 bits per heavy atom. The number of nitriles is 1. The number of carbonyl (C=O) groups is 1. The molecule has 1 aromatic carbocycles. The van der Waals surface area contributed by atoms with Gasteiger partial charge in [-0.15, -0.1) is 11.8 Å². The Morgan fingerprint density at radius 1 is 1.55 bits per heavy atom. The molecule has 0 spiro atoms. The van der Waals surface area contributed by atoms with Gasteiger partial charge in [0.15, 0.2) is 11.5 Å². The van der Waals surface area contributed by atoms with Gasteiger partial charge in [0.2, 0.25) is 5.91 Å². The lowest BCUT2D eigenvalue weighted by atomic mass is 9.87. The third kappa shape index (κ3) is 2.58. The average Bonchev–Trinajstić information content (AvgIpc) is 2.46. The van der Waals surface area contributed by atoms with Gasteiger partial charge in [0, 0.05) is 12.3 Å². The lowest BCUT2D eigenvalue weighted by Gasteiger charge is -2.24. The number of carbonyl (C=O) groups excluding carboxylic acids is 1. The van der Waals surface area contributed by atoms with E-state index in [4.69, 9.17) is 4.74 Å². The Balaban J connectivity index is 2.50. The molecule has 104 valence electrons. The van der Waals surface area contributed by atoms with E-state index in [1.165, 1.54) is 24.9 Å². The molecule has 1 aliphatic rings. The number of aromatic hydroxyl groups is 1. The van der Waals surface area contributed by atoms with Crippen LogP contribution in [0.2, 0.25) is 0 Å². The van der Waals surface area contributed by atoms with Gasteiger partial charge in [-0.1, -0.05) is 6.07 Å². The topological polar surface area (TPSA) is 82.3 Å². The van der Waals surface area contributed by atoms with Crippen LogP contribution < -0.4 is 10.1 Å². The molecule has 20 heavy (non-hydrogen) atoms. The van der Waals surface area contributed by atoms with Gasteiger partial charge in [0.1, 0.15) is 0 Å². The van der Waals surface area contributed by atoms with Crippen LogP contribution in [0.15, 0.2) is 28.8 Å². The van der Waals surface area contributed by atoms with Crippen molar-refractivity contribution in [3.63, 3.8) is 0 Å². The van der Waals surface area contributed by atoms with E-state index in [2.05, 4.69) is 11.4 Å². The van der Waals surface area contributed by atoms with Gasteiger partial charge < -0.3 is 15.2 Å². The predicted molar refractivity (Wildman–Crippen MR) is 76.3 cm³/mol. The minimum atomic E-state index is -0.314. The molecule has 2 N–H and O–H groups in total. The normalized spacial score (nSPS) is 18.4. The molecule has 0 saturated heterocycles. The Kier molecular flexibility index (Phi) is 4.20. The molecule has 0 saturated carbocycles. The van der Waals surface area contributed by atoms with Crippen LogP contribution in [-0.2, 0) is 4.79 Å². The van der Waals surface area contributed by atoms with Crippen LogP contribution in [0.1, 0.15) is 17.9 Å². The van der Waals surface area contributed by atoms with Crippen molar-refractivity contribution in [3.8, 4) is 17.6 Å². The second-order valence-corrected chi connectivity index (χ2v) is 5.11. The van der Waals surface area contributed by atoms with Gasteiger partial charge >= 0.3 is 0 Å². The number of allylic oxidation sites excluding steroid dienone is 1. The Bertz CT molecular complexity index is 619. The number of benzene rings is 1. The van der Waals surface area contributed by atoms with E-state index in [1.54, 1.807) is 12.1 Å². The summed E-state index contributed by atoms with van der Waals surface area (Å²) in [6.45, 7) is 0. The van der Waals surface area contributed by atoms with Crippen LogP contribution in [0.4, 0.5) is 0 Å². The molecular formula is C14H14N2O3S. The van der Waals surface area contributed by atoms with Crippen LogP contribution >= 0.6 is 11.8 Å². The maximum atomic E-state index is 11.8. The highest BCUT2D eigenvalue weighted by atomic mass is 32.2. The van der Waals surface area contributed by atoms with Crippen molar-refractivity contribution in [1.29, 1.82) is 5.26 Å². The summed E-state index contributed by atoms with van der Waals surface area (Å²) in [5, 5.41) is 22.3. The number of rotatable bonds is 3. The average molecular weight is 290 g/mol. The van der Waals surface area contributed by atoms with Gasteiger partial charge in [-0.3, -0.25) is 4.79 Å². The van der Waals surface area contributed by atoms with Crippen LogP contribution in [-0.4, -0.2) is 24.4 Å². The first kappa shape index (κ1) is 14.3. The fourth-order valence-electron chi connectivity index (χ4n) is 2.18. The van der Waals surface area contributed by atoms with Gasteiger partial charge in [0.25, 0.3) is 0 Å². The number of phenols is 1. The molecule has 0 fully saturated rings. The summed E-state index contributed by atoms with van der Waals surface area (Å²) in [6, 6.07) is 7.04. The molecule has 1 amide bonds. The summed E-state index contributed by atoms with van der Waals surface area (Å²) in [6.07, 6.45) is 2.02. The van der Waals surface area contributed by atoms with E-state index < -0.39 is 0 Å². The van der Waals surface area contributed by atoms with E-state index in [1.807, 2.05) is 6.26 Å². The quantitative estimate of drug-likeness (QED) is 0.891. The first-order chi connectivity index (χ1) is 9.60. The predicted octanol–water partition coefficient (Wildman–Crippen LogP) is 2.10. The Morgan fingerprint density at radius 2 is 2.30 bits per heavy atom. The highest BCUT2D eigenvalue weighted by Gasteiger charge is 2.29. The minimum absolute atomic E-state index is 0.0316. The zero-order valence-corrected chi connectivity index (χ0v) is 12.0. The molecule has 1 aliphatic heterocycles. The van der Waals surface area contributed by atoms with Crippen LogP contribution in [0.3, 0.4) is 0 Å². The van der Waals surface area contributed by atoms with Gasteiger partial charge in [-0.05, 0) is 24.0 Å². The maximum Gasteiger partial charge on any atom is 0.225 e. The zero-order valence-electron chi connectivity index (χ0n) is 11.1.